The number of hydrogen-bond donors (Lipinski definition) is 1. The number of anilines is 2. The molecule has 4 rings (SSSR count). The molecule has 0 amide bonds. The smallest absolute Gasteiger partial charge is 0.227 e. The molecule has 0 saturated carbocycles. The molecule has 2 heterocycles. The van der Waals surface area contributed by atoms with Crippen LogP contribution in [0.2, 0.25) is 0 Å². The van der Waals surface area contributed by atoms with Crippen LogP contribution in [-0.2, 0) is 6.54 Å². The van der Waals surface area contributed by atoms with E-state index >= 15 is 0 Å². The molecule has 27 heavy (non-hydrogen) atoms. The van der Waals surface area contributed by atoms with Crippen LogP contribution in [-0.4, -0.2) is 47.6 Å². The summed E-state index contributed by atoms with van der Waals surface area (Å²) in [6, 6.07) is 18.9. The van der Waals surface area contributed by atoms with E-state index in [1.165, 1.54) is 5.56 Å². The van der Waals surface area contributed by atoms with E-state index in [4.69, 9.17) is 9.97 Å². The molecule has 1 aromatic heterocycles. The van der Waals surface area contributed by atoms with Crippen molar-refractivity contribution in [3.8, 4) is 0 Å². The van der Waals surface area contributed by atoms with Crippen molar-refractivity contribution in [2.75, 3.05) is 42.9 Å². The molecule has 0 unspecified atom stereocenters. The van der Waals surface area contributed by atoms with Gasteiger partial charge < -0.3 is 10.2 Å². The molecule has 3 aromatic rings. The summed E-state index contributed by atoms with van der Waals surface area (Å²) in [5.41, 5.74) is 2.38. The van der Waals surface area contributed by atoms with E-state index in [0.29, 0.717) is 0 Å². The third-order valence-corrected chi connectivity index (χ3v) is 5.04. The van der Waals surface area contributed by atoms with Crippen LogP contribution in [0.25, 0.3) is 10.9 Å². The first-order chi connectivity index (χ1) is 13.3. The van der Waals surface area contributed by atoms with Gasteiger partial charge in [0.25, 0.3) is 0 Å². The average Bonchev–Trinajstić information content (AvgIpc) is 2.73. The van der Waals surface area contributed by atoms with Gasteiger partial charge in [-0.2, -0.15) is 4.98 Å². The molecule has 1 saturated heterocycles. The lowest BCUT2D eigenvalue weighted by molar-refractivity contribution is 0.249. The first-order valence-corrected chi connectivity index (χ1v) is 9.85. The zero-order valence-corrected chi connectivity index (χ0v) is 15.9. The molecule has 0 spiro atoms. The van der Waals surface area contributed by atoms with Crippen LogP contribution in [0.1, 0.15) is 18.9 Å². The number of hydrogen-bond acceptors (Lipinski definition) is 5. The van der Waals surface area contributed by atoms with E-state index in [1.54, 1.807) is 0 Å². The van der Waals surface area contributed by atoms with Crippen LogP contribution in [0.4, 0.5) is 11.8 Å². The van der Waals surface area contributed by atoms with Gasteiger partial charge in [-0.05, 0) is 24.1 Å². The maximum absolute atomic E-state index is 4.86. The van der Waals surface area contributed by atoms with Crippen LogP contribution in [0.15, 0.2) is 54.6 Å². The topological polar surface area (TPSA) is 44.3 Å². The highest BCUT2D eigenvalue weighted by Gasteiger charge is 2.20. The molecule has 0 aliphatic carbocycles. The van der Waals surface area contributed by atoms with Gasteiger partial charge in [0, 0.05) is 44.7 Å². The van der Waals surface area contributed by atoms with Gasteiger partial charge in [0.05, 0.1) is 5.52 Å². The number of nitrogens with one attached hydrogen (secondary N) is 1. The number of nitrogens with zero attached hydrogens (tertiary/aromatic N) is 4. The fraction of sp³-hybridized carbons (Fsp3) is 0.364. The second kappa shape index (κ2) is 8.35. The molecule has 5 nitrogen and oxygen atoms in total. The minimum absolute atomic E-state index is 0.840. The predicted molar refractivity (Wildman–Crippen MR) is 112 cm³/mol. The Bertz CT molecular complexity index is 872. The van der Waals surface area contributed by atoms with E-state index < -0.39 is 0 Å². The van der Waals surface area contributed by atoms with Crippen LogP contribution in [0, 0.1) is 0 Å². The Morgan fingerprint density at radius 2 is 1.63 bits per heavy atom. The van der Waals surface area contributed by atoms with E-state index in [-0.39, 0.29) is 0 Å². The second-order valence-electron chi connectivity index (χ2n) is 7.06. The lowest BCUT2D eigenvalue weighted by atomic mass is 10.2. The SMILES string of the molecule is CCCNc1nc(N2CCN(Cc3ccccc3)CC2)nc2ccccc12. The van der Waals surface area contributed by atoms with Crippen LogP contribution >= 0.6 is 0 Å². The van der Waals surface area contributed by atoms with Gasteiger partial charge in [0.15, 0.2) is 0 Å². The van der Waals surface area contributed by atoms with Crippen molar-refractivity contribution in [1.29, 1.82) is 0 Å². The van der Waals surface area contributed by atoms with Crippen LogP contribution in [0.5, 0.6) is 0 Å². The normalized spacial score (nSPS) is 15.2. The number of rotatable bonds is 6. The standard InChI is InChI=1S/C22H27N5/c1-2-12-23-21-19-10-6-7-11-20(19)24-22(25-21)27-15-13-26(14-16-27)17-18-8-4-3-5-9-18/h3-11H,2,12-17H2,1H3,(H,23,24,25). The number of benzene rings is 2. The van der Waals surface area contributed by atoms with Crippen molar-refractivity contribution in [2.24, 2.45) is 0 Å². The Kier molecular flexibility index (Phi) is 5.49. The fourth-order valence-electron chi connectivity index (χ4n) is 3.53. The third kappa shape index (κ3) is 4.19. The summed E-state index contributed by atoms with van der Waals surface area (Å²) in [5.74, 6) is 1.79. The third-order valence-electron chi connectivity index (χ3n) is 5.04. The number of piperazine rings is 1. The molecular weight excluding hydrogens is 334 g/mol. The Morgan fingerprint density at radius 3 is 2.41 bits per heavy atom. The molecule has 0 bridgehead atoms. The molecule has 5 heteroatoms. The van der Waals surface area contributed by atoms with Crippen molar-refractivity contribution in [3.05, 3.63) is 60.2 Å². The lowest BCUT2D eigenvalue weighted by Gasteiger charge is -2.35. The Hall–Kier alpha value is -2.66. The maximum atomic E-state index is 4.86. The zero-order chi connectivity index (χ0) is 18.5. The number of fused-ring (bicyclic) bond motifs is 1. The first kappa shape index (κ1) is 17.7. The summed E-state index contributed by atoms with van der Waals surface area (Å²) in [6.07, 6.45) is 1.08. The van der Waals surface area contributed by atoms with Gasteiger partial charge in [0.1, 0.15) is 5.82 Å². The molecular formula is C22H27N5. The molecule has 1 fully saturated rings. The van der Waals surface area contributed by atoms with E-state index in [9.17, 15) is 0 Å². The quantitative estimate of drug-likeness (QED) is 0.724. The molecule has 0 atom stereocenters. The zero-order valence-electron chi connectivity index (χ0n) is 15.9. The summed E-state index contributed by atoms with van der Waals surface area (Å²) in [4.78, 5) is 14.5. The minimum Gasteiger partial charge on any atom is -0.369 e. The van der Waals surface area contributed by atoms with Crippen LogP contribution in [0.3, 0.4) is 0 Å². The monoisotopic (exact) mass is 361 g/mol. The summed E-state index contributed by atoms with van der Waals surface area (Å²) in [6.45, 7) is 8.08. The number of aromatic nitrogens is 2. The lowest BCUT2D eigenvalue weighted by Crippen LogP contribution is -2.46. The highest BCUT2D eigenvalue weighted by Crippen LogP contribution is 2.24. The second-order valence-corrected chi connectivity index (χ2v) is 7.06. The molecule has 140 valence electrons. The van der Waals surface area contributed by atoms with Gasteiger partial charge >= 0.3 is 0 Å². The Labute approximate surface area is 161 Å². The summed E-state index contributed by atoms with van der Waals surface area (Å²) < 4.78 is 0. The van der Waals surface area contributed by atoms with Crippen LogP contribution < -0.4 is 10.2 Å². The predicted octanol–water partition coefficient (Wildman–Crippen LogP) is 3.77. The summed E-state index contributed by atoms with van der Waals surface area (Å²) >= 11 is 0. The van der Waals surface area contributed by atoms with Crippen molar-refractivity contribution < 1.29 is 0 Å². The highest BCUT2D eigenvalue weighted by atomic mass is 15.3. The van der Waals surface area contributed by atoms with E-state index in [2.05, 4.69) is 64.5 Å². The highest BCUT2D eigenvalue weighted by molar-refractivity contribution is 5.90. The molecule has 1 aliphatic rings. The first-order valence-electron chi connectivity index (χ1n) is 9.85. The Morgan fingerprint density at radius 1 is 0.889 bits per heavy atom. The minimum atomic E-state index is 0.840. The van der Waals surface area contributed by atoms with Crippen molar-refractivity contribution in [3.63, 3.8) is 0 Å². The Balaban J connectivity index is 1.48. The summed E-state index contributed by atoms with van der Waals surface area (Å²) in [5, 5.41) is 4.56. The summed E-state index contributed by atoms with van der Waals surface area (Å²) in [7, 11) is 0. The maximum Gasteiger partial charge on any atom is 0.227 e. The largest absolute Gasteiger partial charge is 0.369 e. The van der Waals surface area contributed by atoms with Crippen molar-refractivity contribution >= 4 is 22.7 Å². The van der Waals surface area contributed by atoms with Crippen molar-refractivity contribution in [2.45, 2.75) is 19.9 Å². The van der Waals surface area contributed by atoms with Gasteiger partial charge in [-0.15, -0.1) is 0 Å². The van der Waals surface area contributed by atoms with Crippen molar-refractivity contribution in [1.82, 2.24) is 14.9 Å². The van der Waals surface area contributed by atoms with E-state index in [0.717, 1.165) is 68.4 Å². The van der Waals surface area contributed by atoms with Gasteiger partial charge in [-0.25, -0.2) is 4.98 Å². The molecule has 1 aliphatic heterocycles. The molecule has 1 N–H and O–H groups in total. The fourth-order valence-corrected chi connectivity index (χ4v) is 3.53. The van der Waals surface area contributed by atoms with Gasteiger partial charge in [-0.1, -0.05) is 49.4 Å². The number of para-hydroxylation sites is 1. The average molecular weight is 361 g/mol. The molecule has 2 aromatic carbocycles. The van der Waals surface area contributed by atoms with E-state index in [1.807, 2.05) is 12.1 Å². The molecule has 0 radical (unpaired) electrons. The van der Waals surface area contributed by atoms with Gasteiger partial charge in [-0.3, -0.25) is 4.90 Å². The van der Waals surface area contributed by atoms with Gasteiger partial charge in [0.2, 0.25) is 5.95 Å².